The molecule has 0 atom stereocenters. The minimum absolute atomic E-state index is 0.126. The molecule has 0 fully saturated rings. The summed E-state index contributed by atoms with van der Waals surface area (Å²) in [7, 11) is 0. The van der Waals surface area contributed by atoms with E-state index in [1.807, 2.05) is 0 Å². The lowest BCUT2D eigenvalue weighted by atomic mass is 9.71. The number of hydrogen-bond donors (Lipinski definition) is 0. The summed E-state index contributed by atoms with van der Waals surface area (Å²) in [4.78, 5) is 0. The van der Waals surface area contributed by atoms with Crippen LogP contribution >= 0.6 is 0 Å². The standard InChI is InChI=1S/C19H26/c1-12-13(2)15(4)18(16(5)14(12)3)19(6,7)17-10-8-9-11-17/h8-10H,11H2,1-7H3. The molecule has 0 heterocycles. The van der Waals surface area contributed by atoms with Gasteiger partial charge in [-0.3, -0.25) is 0 Å². The third kappa shape index (κ3) is 2.08. The quantitative estimate of drug-likeness (QED) is 0.663. The van der Waals surface area contributed by atoms with E-state index >= 15 is 0 Å². The number of allylic oxidation sites excluding steroid dienone is 4. The van der Waals surface area contributed by atoms with E-state index in [0.29, 0.717) is 0 Å². The molecule has 0 amide bonds. The van der Waals surface area contributed by atoms with Crippen molar-refractivity contribution in [2.75, 3.05) is 0 Å². The van der Waals surface area contributed by atoms with Gasteiger partial charge >= 0.3 is 0 Å². The van der Waals surface area contributed by atoms with E-state index in [1.54, 1.807) is 0 Å². The Bertz CT molecular complexity index is 552. The maximum absolute atomic E-state index is 2.37. The lowest BCUT2D eigenvalue weighted by molar-refractivity contribution is 0.602. The van der Waals surface area contributed by atoms with Crippen molar-refractivity contribution in [1.29, 1.82) is 0 Å². The Morgan fingerprint density at radius 1 is 0.789 bits per heavy atom. The summed E-state index contributed by atoms with van der Waals surface area (Å²) < 4.78 is 0. The van der Waals surface area contributed by atoms with Gasteiger partial charge in [0.05, 0.1) is 0 Å². The van der Waals surface area contributed by atoms with Crippen molar-refractivity contribution in [2.24, 2.45) is 0 Å². The molecule has 0 aromatic heterocycles. The molecule has 0 spiro atoms. The lowest BCUT2D eigenvalue weighted by Crippen LogP contribution is -2.24. The summed E-state index contributed by atoms with van der Waals surface area (Å²) in [5, 5.41) is 0. The highest BCUT2D eigenvalue weighted by Gasteiger charge is 2.30. The highest BCUT2D eigenvalue weighted by Crippen LogP contribution is 2.41. The van der Waals surface area contributed by atoms with Crippen molar-refractivity contribution in [3.63, 3.8) is 0 Å². The zero-order valence-electron chi connectivity index (χ0n) is 13.4. The molecule has 0 radical (unpaired) electrons. The molecule has 2 rings (SSSR count). The van der Waals surface area contributed by atoms with Gasteiger partial charge in [0, 0.05) is 5.41 Å². The third-order valence-electron chi connectivity index (χ3n) is 5.20. The fraction of sp³-hybridized carbons (Fsp3) is 0.474. The highest BCUT2D eigenvalue weighted by molar-refractivity contribution is 5.55. The van der Waals surface area contributed by atoms with Crippen LogP contribution in [0.25, 0.3) is 0 Å². The van der Waals surface area contributed by atoms with Gasteiger partial charge in [0.15, 0.2) is 0 Å². The molecule has 0 N–H and O–H groups in total. The van der Waals surface area contributed by atoms with Gasteiger partial charge in [0.25, 0.3) is 0 Å². The van der Waals surface area contributed by atoms with E-state index in [9.17, 15) is 0 Å². The molecule has 1 aliphatic carbocycles. The van der Waals surface area contributed by atoms with Gasteiger partial charge in [0.2, 0.25) is 0 Å². The average Bonchev–Trinajstić information content (AvgIpc) is 2.88. The molecule has 0 aliphatic heterocycles. The first kappa shape index (κ1) is 14.1. The first-order valence-electron chi connectivity index (χ1n) is 7.22. The first-order chi connectivity index (χ1) is 8.78. The number of benzene rings is 1. The van der Waals surface area contributed by atoms with E-state index in [4.69, 9.17) is 0 Å². The summed E-state index contributed by atoms with van der Waals surface area (Å²) in [6, 6.07) is 0. The van der Waals surface area contributed by atoms with Crippen LogP contribution in [0.4, 0.5) is 0 Å². The maximum Gasteiger partial charge on any atom is 0.0117 e. The molecule has 0 bridgehead atoms. The van der Waals surface area contributed by atoms with E-state index in [2.05, 4.69) is 66.7 Å². The molecule has 1 aliphatic rings. The summed E-state index contributed by atoms with van der Waals surface area (Å²) in [5.74, 6) is 0. The molecule has 102 valence electrons. The van der Waals surface area contributed by atoms with Gasteiger partial charge in [-0.05, 0) is 74.4 Å². The normalized spacial score (nSPS) is 15.0. The minimum atomic E-state index is 0.126. The fourth-order valence-electron chi connectivity index (χ4n) is 3.51. The smallest absolute Gasteiger partial charge is 0.0117 e. The molecular weight excluding hydrogens is 228 g/mol. The predicted molar refractivity (Wildman–Crippen MR) is 85.0 cm³/mol. The van der Waals surface area contributed by atoms with Crippen molar-refractivity contribution in [2.45, 2.75) is 60.3 Å². The SMILES string of the molecule is Cc1c(C)c(C)c(C(C)(C)C2=CC=CC2)c(C)c1C. The molecule has 19 heavy (non-hydrogen) atoms. The van der Waals surface area contributed by atoms with Crippen LogP contribution in [0.2, 0.25) is 0 Å². The second-order valence-corrected chi connectivity index (χ2v) is 6.45. The van der Waals surface area contributed by atoms with E-state index < -0.39 is 0 Å². The van der Waals surface area contributed by atoms with Crippen LogP contribution < -0.4 is 0 Å². The van der Waals surface area contributed by atoms with Crippen molar-refractivity contribution < 1.29 is 0 Å². The Morgan fingerprint density at radius 3 is 1.68 bits per heavy atom. The molecule has 1 aromatic carbocycles. The van der Waals surface area contributed by atoms with Gasteiger partial charge in [-0.15, -0.1) is 0 Å². The first-order valence-corrected chi connectivity index (χ1v) is 7.22. The molecule has 0 nitrogen and oxygen atoms in total. The topological polar surface area (TPSA) is 0 Å². The lowest BCUT2D eigenvalue weighted by Gasteiger charge is -2.33. The van der Waals surface area contributed by atoms with Crippen LogP contribution in [-0.4, -0.2) is 0 Å². The largest absolute Gasteiger partial charge is 0.0804 e. The van der Waals surface area contributed by atoms with Gasteiger partial charge in [-0.2, -0.15) is 0 Å². The molecule has 0 saturated heterocycles. The van der Waals surface area contributed by atoms with Crippen molar-refractivity contribution in [1.82, 2.24) is 0 Å². The van der Waals surface area contributed by atoms with Gasteiger partial charge in [-0.25, -0.2) is 0 Å². The van der Waals surface area contributed by atoms with E-state index in [0.717, 1.165) is 6.42 Å². The molecule has 0 heteroatoms. The maximum atomic E-state index is 2.37. The monoisotopic (exact) mass is 254 g/mol. The Hall–Kier alpha value is -1.30. The molecular formula is C19H26. The van der Waals surface area contributed by atoms with Crippen LogP contribution in [0.3, 0.4) is 0 Å². The minimum Gasteiger partial charge on any atom is -0.0804 e. The number of rotatable bonds is 2. The van der Waals surface area contributed by atoms with Crippen LogP contribution in [0.15, 0.2) is 23.8 Å². The second-order valence-electron chi connectivity index (χ2n) is 6.45. The zero-order valence-corrected chi connectivity index (χ0v) is 13.4. The fourth-order valence-corrected chi connectivity index (χ4v) is 3.51. The van der Waals surface area contributed by atoms with E-state index in [1.165, 1.54) is 39.0 Å². The third-order valence-corrected chi connectivity index (χ3v) is 5.20. The summed E-state index contributed by atoms with van der Waals surface area (Å²) in [6.45, 7) is 16.1. The Kier molecular flexibility index (Phi) is 3.47. The zero-order chi connectivity index (χ0) is 14.4. The Balaban J connectivity index is 2.69. The van der Waals surface area contributed by atoms with Crippen LogP contribution in [-0.2, 0) is 5.41 Å². The van der Waals surface area contributed by atoms with Crippen LogP contribution in [0.5, 0.6) is 0 Å². The highest BCUT2D eigenvalue weighted by atomic mass is 14.3. The molecule has 0 saturated carbocycles. The van der Waals surface area contributed by atoms with Gasteiger partial charge < -0.3 is 0 Å². The summed E-state index contributed by atoms with van der Waals surface area (Å²) in [6.07, 6.45) is 7.84. The Morgan fingerprint density at radius 2 is 1.26 bits per heavy atom. The Labute approximate surface area is 118 Å². The van der Waals surface area contributed by atoms with Crippen molar-refractivity contribution >= 4 is 0 Å². The molecule has 0 unspecified atom stereocenters. The molecule has 1 aromatic rings. The summed E-state index contributed by atoms with van der Waals surface area (Å²) >= 11 is 0. The van der Waals surface area contributed by atoms with E-state index in [-0.39, 0.29) is 5.41 Å². The van der Waals surface area contributed by atoms with Crippen LogP contribution in [0, 0.1) is 34.6 Å². The van der Waals surface area contributed by atoms with Crippen molar-refractivity contribution in [3.8, 4) is 0 Å². The van der Waals surface area contributed by atoms with Crippen molar-refractivity contribution in [3.05, 3.63) is 57.2 Å². The average molecular weight is 254 g/mol. The van der Waals surface area contributed by atoms with Gasteiger partial charge in [0.1, 0.15) is 0 Å². The van der Waals surface area contributed by atoms with Gasteiger partial charge in [-0.1, -0.05) is 37.6 Å². The number of hydrogen-bond acceptors (Lipinski definition) is 0. The second kappa shape index (κ2) is 4.67. The predicted octanol–water partition coefficient (Wildman–Crippen LogP) is 5.39. The van der Waals surface area contributed by atoms with Crippen LogP contribution in [0.1, 0.15) is 53.6 Å². The summed E-state index contributed by atoms with van der Waals surface area (Å²) in [5.41, 5.74) is 10.5.